The number of fused-ring (bicyclic) bond motifs is 7. The Labute approximate surface area is 133 Å². The fraction of sp³-hybridized carbons (Fsp3) is 0. The van der Waals surface area contributed by atoms with Crippen LogP contribution in [0.2, 0.25) is 0 Å². The van der Waals surface area contributed by atoms with Crippen LogP contribution in [-0.2, 0) is 0 Å². The lowest BCUT2D eigenvalue weighted by Crippen LogP contribution is -1.84. The Balaban J connectivity index is 2.16. The molecule has 1 heteroatoms. The summed E-state index contributed by atoms with van der Waals surface area (Å²) >= 11 is 0. The minimum atomic E-state index is 0.308. The SMILES string of the molecule is Oc1ccc2c3ccccc3c3cc4ccccc4cc3c2c1. The van der Waals surface area contributed by atoms with Crippen LogP contribution in [0, 0.1) is 0 Å². The molecule has 0 atom stereocenters. The number of benzene rings is 5. The van der Waals surface area contributed by atoms with Gasteiger partial charge in [0.05, 0.1) is 0 Å². The fourth-order valence-corrected chi connectivity index (χ4v) is 3.63. The van der Waals surface area contributed by atoms with Crippen LogP contribution in [0.3, 0.4) is 0 Å². The molecule has 0 aliphatic carbocycles. The predicted octanol–water partition coefficient (Wildman–Crippen LogP) is 6.01. The zero-order valence-corrected chi connectivity index (χ0v) is 12.5. The van der Waals surface area contributed by atoms with E-state index in [1.165, 1.54) is 37.7 Å². The predicted molar refractivity (Wildman–Crippen MR) is 98.1 cm³/mol. The van der Waals surface area contributed by atoms with Crippen LogP contribution >= 0.6 is 0 Å². The van der Waals surface area contributed by atoms with Gasteiger partial charge in [-0.3, -0.25) is 0 Å². The van der Waals surface area contributed by atoms with Crippen LogP contribution in [0.1, 0.15) is 0 Å². The molecule has 0 aliphatic heterocycles. The number of aromatic hydroxyl groups is 1. The number of hydrogen-bond acceptors (Lipinski definition) is 1. The number of phenols is 1. The lowest BCUT2D eigenvalue weighted by molar-refractivity contribution is 0.476. The highest BCUT2D eigenvalue weighted by atomic mass is 16.3. The van der Waals surface area contributed by atoms with E-state index >= 15 is 0 Å². The monoisotopic (exact) mass is 294 g/mol. The van der Waals surface area contributed by atoms with Gasteiger partial charge in [-0.2, -0.15) is 0 Å². The molecule has 5 aromatic rings. The van der Waals surface area contributed by atoms with E-state index in [1.807, 2.05) is 12.1 Å². The maximum atomic E-state index is 9.98. The van der Waals surface area contributed by atoms with Gasteiger partial charge in [0, 0.05) is 0 Å². The maximum Gasteiger partial charge on any atom is 0.116 e. The molecule has 108 valence electrons. The second-order valence-electron chi connectivity index (χ2n) is 6.02. The number of hydrogen-bond donors (Lipinski definition) is 1. The van der Waals surface area contributed by atoms with E-state index in [9.17, 15) is 5.11 Å². The summed E-state index contributed by atoms with van der Waals surface area (Å²) in [6.07, 6.45) is 0. The van der Waals surface area contributed by atoms with E-state index in [-0.39, 0.29) is 0 Å². The molecule has 0 amide bonds. The first-order valence-corrected chi connectivity index (χ1v) is 7.77. The van der Waals surface area contributed by atoms with Crippen LogP contribution in [-0.4, -0.2) is 5.11 Å². The third kappa shape index (κ3) is 1.74. The van der Waals surface area contributed by atoms with Gasteiger partial charge < -0.3 is 5.11 Å². The van der Waals surface area contributed by atoms with Crippen LogP contribution in [0.15, 0.2) is 78.9 Å². The van der Waals surface area contributed by atoms with E-state index in [4.69, 9.17) is 0 Å². The van der Waals surface area contributed by atoms with E-state index in [2.05, 4.69) is 60.7 Å². The lowest BCUT2D eigenvalue weighted by Gasteiger charge is -2.12. The smallest absolute Gasteiger partial charge is 0.116 e. The quantitative estimate of drug-likeness (QED) is 0.274. The van der Waals surface area contributed by atoms with Gasteiger partial charge in [-0.25, -0.2) is 0 Å². The highest BCUT2D eigenvalue weighted by Crippen LogP contribution is 2.38. The van der Waals surface area contributed by atoms with Crippen LogP contribution < -0.4 is 0 Å². The maximum absolute atomic E-state index is 9.98. The van der Waals surface area contributed by atoms with Crippen LogP contribution in [0.5, 0.6) is 5.75 Å². The molecule has 0 fully saturated rings. The molecule has 0 radical (unpaired) electrons. The van der Waals surface area contributed by atoms with E-state index < -0.39 is 0 Å². The van der Waals surface area contributed by atoms with E-state index in [0.717, 1.165) is 5.39 Å². The molecular weight excluding hydrogens is 280 g/mol. The summed E-state index contributed by atoms with van der Waals surface area (Å²) in [5, 5.41) is 19.6. The zero-order chi connectivity index (χ0) is 15.4. The summed E-state index contributed by atoms with van der Waals surface area (Å²) in [6.45, 7) is 0. The largest absolute Gasteiger partial charge is 0.508 e. The molecule has 0 aromatic heterocycles. The molecule has 5 aromatic carbocycles. The fourth-order valence-electron chi connectivity index (χ4n) is 3.63. The molecule has 0 unspecified atom stereocenters. The van der Waals surface area contributed by atoms with Gasteiger partial charge in [-0.05, 0) is 67.4 Å². The van der Waals surface area contributed by atoms with Crippen molar-refractivity contribution in [1.82, 2.24) is 0 Å². The van der Waals surface area contributed by atoms with Crippen molar-refractivity contribution >= 4 is 43.1 Å². The highest BCUT2D eigenvalue weighted by Gasteiger charge is 2.09. The summed E-state index contributed by atoms with van der Waals surface area (Å²) < 4.78 is 0. The molecule has 0 spiro atoms. The Bertz CT molecular complexity index is 1220. The van der Waals surface area contributed by atoms with Gasteiger partial charge in [0.2, 0.25) is 0 Å². The standard InChI is InChI=1S/C22H14O/c23-16-9-10-19-17-7-3-4-8-18(17)20-11-14-5-1-2-6-15(14)12-21(20)22(19)13-16/h1-13,23H. The molecule has 0 aliphatic rings. The van der Waals surface area contributed by atoms with Gasteiger partial charge in [0.25, 0.3) is 0 Å². The van der Waals surface area contributed by atoms with Crippen molar-refractivity contribution in [3.05, 3.63) is 78.9 Å². The highest BCUT2D eigenvalue weighted by molar-refractivity contribution is 6.27. The third-order valence-electron chi connectivity index (χ3n) is 4.69. The first-order chi connectivity index (χ1) is 11.3. The van der Waals surface area contributed by atoms with Crippen molar-refractivity contribution in [2.75, 3.05) is 0 Å². The molecule has 0 saturated carbocycles. The zero-order valence-electron chi connectivity index (χ0n) is 12.5. The van der Waals surface area contributed by atoms with Gasteiger partial charge in [0.1, 0.15) is 5.75 Å². The summed E-state index contributed by atoms with van der Waals surface area (Å²) in [5.74, 6) is 0.308. The van der Waals surface area contributed by atoms with Crippen molar-refractivity contribution in [1.29, 1.82) is 0 Å². The van der Waals surface area contributed by atoms with E-state index in [1.54, 1.807) is 6.07 Å². The molecule has 1 nitrogen and oxygen atoms in total. The molecule has 5 rings (SSSR count). The van der Waals surface area contributed by atoms with Crippen molar-refractivity contribution in [3.8, 4) is 5.75 Å². The van der Waals surface area contributed by atoms with Crippen molar-refractivity contribution in [2.24, 2.45) is 0 Å². The normalized spacial score (nSPS) is 11.7. The summed E-state index contributed by atoms with van der Waals surface area (Å²) in [4.78, 5) is 0. The second kappa shape index (κ2) is 4.47. The average molecular weight is 294 g/mol. The van der Waals surface area contributed by atoms with Gasteiger partial charge in [-0.15, -0.1) is 0 Å². The second-order valence-corrected chi connectivity index (χ2v) is 6.02. The first-order valence-electron chi connectivity index (χ1n) is 7.77. The van der Waals surface area contributed by atoms with Crippen LogP contribution in [0.4, 0.5) is 0 Å². The Morgan fingerprint density at radius 2 is 0.913 bits per heavy atom. The lowest BCUT2D eigenvalue weighted by atomic mass is 9.92. The van der Waals surface area contributed by atoms with Crippen molar-refractivity contribution < 1.29 is 5.11 Å². The van der Waals surface area contributed by atoms with Crippen molar-refractivity contribution in [2.45, 2.75) is 0 Å². The summed E-state index contributed by atoms with van der Waals surface area (Å²) in [6, 6.07) is 27.1. The molecular formula is C22H14O. The minimum absolute atomic E-state index is 0.308. The summed E-state index contributed by atoms with van der Waals surface area (Å²) in [5.41, 5.74) is 0. The van der Waals surface area contributed by atoms with Gasteiger partial charge in [-0.1, -0.05) is 54.6 Å². The van der Waals surface area contributed by atoms with Crippen molar-refractivity contribution in [3.63, 3.8) is 0 Å². The topological polar surface area (TPSA) is 20.2 Å². The Hall–Kier alpha value is -3.06. The average Bonchev–Trinajstić information content (AvgIpc) is 2.60. The van der Waals surface area contributed by atoms with Gasteiger partial charge >= 0.3 is 0 Å². The molecule has 0 saturated heterocycles. The van der Waals surface area contributed by atoms with Crippen LogP contribution in [0.25, 0.3) is 43.1 Å². The molecule has 0 heterocycles. The summed E-state index contributed by atoms with van der Waals surface area (Å²) in [7, 11) is 0. The minimum Gasteiger partial charge on any atom is -0.508 e. The molecule has 23 heavy (non-hydrogen) atoms. The molecule has 0 bridgehead atoms. The van der Waals surface area contributed by atoms with Gasteiger partial charge in [0.15, 0.2) is 0 Å². The Morgan fingerprint density at radius 1 is 0.435 bits per heavy atom. The van der Waals surface area contributed by atoms with E-state index in [0.29, 0.717) is 5.75 Å². The number of phenolic OH excluding ortho intramolecular Hbond substituents is 1. The molecule has 1 N–H and O–H groups in total. The Kier molecular flexibility index (Phi) is 2.42. The number of rotatable bonds is 0. The third-order valence-corrected chi connectivity index (χ3v) is 4.69. The first kappa shape index (κ1) is 12.5. The Morgan fingerprint density at radius 3 is 1.61 bits per heavy atom.